The Morgan fingerprint density at radius 1 is 1.40 bits per heavy atom. The fourth-order valence-corrected chi connectivity index (χ4v) is 1.53. The lowest BCUT2D eigenvalue weighted by Gasteiger charge is -2.20. The van der Waals surface area contributed by atoms with Crippen LogP contribution < -0.4 is 4.74 Å². The van der Waals surface area contributed by atoms with Crippen LogP contribution >= 0.6 is 0 Å². The first kappa shape index (κ1) is 9.96. The zero-order valence-electron chi connectivity index (χ0n) is 9.40. The maximum absolute atomic E-state index is 5.16. The maximum atomic E-state index is 5.16. The van der Waals surface area contributed by atoms with Crippen LogP contribution in [0.3, 0.4) is 0 Å². The van der Waals surface area contributed by atoms with Gasteiger partial charge in [0.25, 0.3) is 0 Å². The predicted molar refractivity (Wildman–Crippen MR) is 57.9 cm³/mol. The van der Waals surface area contributed by atoms with Gasteiger partial charge < -0.3 is 4.74 Å². The summed E-state index contributed by atoms with van der Waals surface area (Å²) in [7, 11) is 1.60. The van der Waals surface area contributed by atoms with Crippen molar-refractivity contribution in [2.45, 2.75) is 26.3 Å². The summed E-state index contributed by atoms with van der Waals surface area (Å²) in [6.45, 7) is 6.29. The van der Waals surface area contributed by atoms with Crippen molar-refractivity contribution in [1.29, 1.82) is 0 Å². The lowest BCUT2D eigenvalue weighted by molar-refractivity contribution is 0.367. The Bertz CT molecular complexity index is 482. The molecule has 0 amide bonds. The van der Waals surface area contributed by atoms with Gasteiger partial charge in [0.15, 0.2) is 0 Å². The second kappa shape index (κ2) is 3.22. The normalized spacial score (nSPS) is 12.0. The molecule has 15 heavy (non-hydrogen) atoms. The highest BCUT2D eigenvalue weighted by atomic mass is 16.5. The van der Waals surface area contributed by atoms with Crippen LogP contribution in [-0.2, 0) is 5.54 Å². The summed E-state index contributed by atoms with van der Waals surface area (Å²) in [5, 5.41) is 5.08. The lowest BCUT2D eigenvalue weighted by Crippen LogP contribution is -2.22. The Hall–Kier alpha value is -1.58. The van der Waals surface area contributed by atoms with Crippen molar-refractivity contribution in [3.05, 3.63) is 18.5 Å². The summed E-state index contributed by atoms with van der Waals surface area (Å²) in [5.41, 5.74) is 0.930. The number of fused-ring (bicyclic) bond motifs is 1. The first-order valence-corrected chi connectivity index (χ1v) is 4.84. The van der Waals surface area contributed by atoms with Crippen molar-refractivity contribution in [2.75, 3.05) is 7.11 Å². The highest BCUT2D eigenvalue weighted by Gasteiger charge is 2.18. The van der Waals surface area contributed by atoms with Gasteiger partial charge in [-0.25, -0.2) is 4.98 Å². The van der Waals surface area contributed by atoms with Crippen LogP contribution in [0.25, 0.3) is 10.9 Å². The molecule has 0 aliphatic heterocycles. The van der Waals surface area contributed by atoms with E-state index >= 15 is 0 Å². The van der Waals surface area contributed by atoms with Crippen LogP contribution in [-0.4, -0.2) is 21.9 Å². The molecular weight excluding hydrogens is 190 g/mol. The molecule has 2 aromatic heterocycles. The molecule has 0 saturated carbocycles. The molecule has 79 valence electrons. The van der Waals surface area contributed by atoms with Crippen molar-refractivity contribution in [3.8, 4) is 5.88 Å². The fourth-order valence-electron chi connectivity index (χ4n) is 1.53. The average Bonchev–Trinajstić information content (AvgIpc) is 2.59. The number of nitrogens with zero attached hydrogens (tertiary/aromatic N) is 3. The molecule has 0 aliphatic rings. The van der Waals surface area contributed by atoms with E-state index < -0.39 is 0 Å². The molecule has 0 atom stereocenters. The molecule has 0 aliphatic carbocycles. The largest absolute Gasteiger partial charge is 0.480 e. The minimum Gasteiger partial charge on any atom is -0.480 e. The maximum Gasteiger partial charge on any atom is 0.225 e. The van der Waals surface area contributed by atoms with Gasteiger partial charge in [0.1, 0.15) is 6.20 Å². The van der Waals surface area contributed by atoms with E-state index in [1.807, 2.05) is 10.7 Å². The van der Waals surface area contributed by atoms with E-state index in [1.165, 1.54) is 0 Å². The van der Waals surface area contributed by atoms with E-state index in [2.05, 4.69) is 37.1 Å². The molecule has 0 N–H and O–H groups in total. The van der Waals surface area contributed by atoms with Gasteiger partial charge >= 0.3 is 0 Å². The summed E-state index contributed by atoms with van der Waals surface area (Å²) in [5.74, 6) is 0.572. The number of hydrogen-bond acceptors (Lipinski definition) is 3. The third-order valence-corrected chi connectivity index (χ3v) is 2.21. The average molecular weight is 204 g/mol. The zero-order valence-corrected chi connectivity index (χ0v) is 9.40. The molecule has 0 spiro atoms. The number of hydrogen-bond donors (Lipinski definition) is 0. The SMILES string of the molecule is COc1nccc2c1[c]nn2C(C)(C)C. The summed E-state index contributed by atoms with van der Waals surface area (Å²) in [6.07, 6.45) is 4.66. The van der Waals surface area contributed by atoms with Crippen LogP contribution in [0.4, 0.5) is 0 Å². The fraction of sp³-hybridized carbons (Fsp3) is 0.455. The van der Waals surface area contributed by atoms with Crippen LogP contribution in [0, 0.1) is 6.20 Å². The molecule has 0 saturated heterocycles. The topological polar surface area (TPSA) is 39.9 Å². The third kappa shape index (κ3) is 1.56. The van der Waals surface area contributed by atoms with E-state index in [1.54, 1.807) is 13.3 Å². The van der Waals surface area contributed by atoms with Crippen LogP contribution in [0.2, 0.25) is 0 Å². The minimum absolute atomic E-state index is 0.0649. The number of ether oxygens (including phenoxy) is 1. The number of methoxy groups -OCH3 is 1. The van der Waals surface area contributed by atoms with Crippen molar-refractivity contribution in [1.82, 2.24) is 14.8 Å². The van der Waals surface area contributed by atoms with E-state index in [0.717, 1.165) is 10.9 Å². The summed E-state index contributed by atoms with van der Waals surface area (Å²) < 4.78 is 7.08. The number of aromatic nitrogens is 3. The van der Waals surface area contributed by atoms with Gasteiger partial charge in [0, 0.05) is 6.20 Å². The molecular formula is C11H14N3O. The number of rotatable bonds is 1. The Kier molecular flexibility index (Phi) is 2.14. The Morgan fingerprint density at radius 3 is 2.73 bits per heavy atom. The van der Waals surface area contributed by atoms with Gasteiger partial charge in [0.05, 0.1) is 23.6 Å². The van der Waals surface area contributed by atoms with Gasteiger partial charge in [-0.15, -0.1) is 0 Å². The van der Waals surface area contributed by atoms with Gasteiger partial charge in [0.2, 0.25) is 5.88 Å². The van der Waals surface area contributed by atoms with E-state index in [-0.39, 0.29) is 5.54 Å². The van der Waals surface area contributed by atoms with E-state index in [9.17, 15) is 0 Å². The van der Waals surface area contributed by atoms with Crippen molar-refractivity contribution in [3.63, 3.8) is 0 Å². The summed E-state index contributed by atoms with van der Waals surface area (Å²) in [4.78, 5) is 4.11. The standard InChI is InChI=1S/C11H14N3O/c1-11(2,3)14-9-5-6-12-10(15-4)8(9)7-13-14/h5-6H,1-4H3. The summed E-state index contributed by atoms with van der Waals surface area (Å²) in [6, 6.07) is 1.92. The second-order valence-corrected chi connectivity index (χ2v) is 4.41. The monoisotopic (exact) mass is 204 g/mol. The molecule has 1 radical (unpaired) electrons. The smallest absolute Gasteiger partial charge is 0.225 e. The molecule has 2 aromatic rings. The van der Waals surface area contributed by atoms with Gasteiger partial charge in [-0.2, -0.15) is 5.10 Å². The Balaban J connectivity index is 2.72. The molecule has 2 rings (SSSR count). The minimum atomic E-state index is -0.0649. The lowest BCUT2D eigenvalue weighted by atomic mass is 10.1. The van der Waals surface area contributed by atoms with E-state index in [4.69, 9.17) is 4.74 Å². The molecule has 0 fully saturated rings. The highest BCUT2D eigenvalue weighted by molar-refractivity contribution is 5.82. The van der Waals surface area contributed by atoms with Gasteiger partial charge in [-0.1, -0.05) is 0 Å². The third-order valence-electron chi connectivity index (χ3n) is 2.21. The highest BCUT2D eigenvalue weighted by Crippen LogP contribution is 2.25. The van der Waals surface area contributed by atoms with Crippen molar-refractivity contribution < 1.29 is 4.74 Å². The van der Waals surface area contributed by atoms with Crippen LogP contribution in [0.15, 0.2) is 12.3 Å². The zero-order chi connectivity index (χ0) is 11.1. The van der Waals surface area contributed by atoms with Crippen molar-refractivity contribution >= 4 is 10.9 Å². The van der Waals surface area contributed by atoms with Gasteiger partial charge in [-0.05, 0) is 26.8 Å². The van der Waals surface area contributed by atoms with Gasteiger partial charge in [-0.3, -0.25) is 4.68 Å². The van der Waals surface area contributed by atoms with Crippen LogP contribution in [0.1, 0.15) is 20.8 Å². The second-order valence-electron chi connectivity index (χ2n) is 4.41. The Morgan fingerprint density at radius 2 is 2.13 bits per heavy atom. The Labute approximate surface area is 88.9 Å². The molecule has 0 unspecified atom stereocenters. The molecule has 0 bridgehead atoms. The molecule has 4 nitrogen and oxygen atoms in total. The number of pyridine rings is 1. The summed E-state index contributed by atoms with van der Waals surface area (Å²) >= 11 is 0. The molecule has 2 heterocycles. The first-order valence-electron chi connectivity index (χ1n) is 4.84. The first-order chi connectivity index (χ1) is 7.04. The molecule has 4 heteroatoms. The van der Waals surface area contributed by atoms with Crippen LogP contribution in [0.5, 0.6) is 5.88 Å². The predicted octanol–water partition coefficient (Wildman–Crippen LogP) is 2.00. The van der Waals surface area contributed by atoms with E-state index in [0.29, 0.717) is 5.88 Å². The van der Waals surface area contributed by atoms with Crippen molar-refractivity contribution in [2.24, 2.45) is 0 Å². The molecule has 0 aromatic carbocycles. The quantitative estimate of drug-likeness (QED) is 0.713.